The average molecular weight is 234 g/mol. The van der Waals surface area contributed by atoms with Gasteiger partial charge in [0.05, 0.1) is 7.11 Å². The third-order valence-electron chi connectivity index (χ3n) is 3.47. The highest BCUT2D eigenvalue weighted by Crippen LogP contribution is 2.25. The minimum atomic E-state index is 0.449. The van der Waals surface area contributed by atoms with Crippen LogP contribution < -0.4 is 10.1 Å². The molecule has 0 amide bonds. The van der Waals surface area contributed by atoms with Gasteiger partial charge in [0, 0.05) is 25.7 Å². The maximum Gasteiger partial charge on any atom is 0.122 e. The van der Waals surface area contributed by atoms with Crippen molar-refractivity contribution in [2.24, 2.45) is 0 Å². The highest BCUT2D eigenvalue weighted by Gasteiger charge is 2.18. The van der Waals surface area contributed by atoms with Gasteiger partial charge in [-0.15, -0.1) is 0 Å². The summed E-state index contributed by atoms with van der Waals surface area (Å²) in [6.45, 7) is 5.44. The minimum absolute atomic E-state index is 0.449. The molecule has 0 aliphatic carbocycles. The molecule has 1 aromatic rings. The van der Waals surface area contributed by atoms with Gasteiger partial charge in [-0.1, -0.05) is 19.1 Å². The summed E-state index contributed by atoms with van der Waals surface area (Å²) >= 11 is 0. The van der Waals surface area contributed by atoms with Crippen molar-refractivity contribution in [3.05, 3.63) is 29.3 Å². The molecule has 3 heteroatoms. The van der Waals surface area contributed by atoms with Crippen LogP contribution in [0.1, 0.15) is 24.1 Å². The van der Waals surface area contributed by atoms with Crippen molar-refractivity contribution >= 4 is 0 Å². The van der Waals surface area contributed by atoms with Crippen LogP contribution in [0, 0.1) is 0 Å². The summed E-state index contributed by atoms with van der Waals surface area (Å²) < 4.78 is 5.37. The molecule has 0 saturated carbocycles. The fourth-order valence-electron chi connectivity index (χ4n) is 2.41. The zero-order chi connectivity index (χ0) is 12.3. The number of aryl methyl sites for hydroxylation is 1. The summed E-state index contributed by atoms with van der Waals surface area (Å²) in [5.41, 5.74) is 2.66. The standard InChI is InChI=1S/C14H22N2O/c1-4-11-9-12(5-6-14(11)17-3)13-10-16(2)8-7-15-13/h5-6,9,13,15H,4,7-8,10H2,1-3H3. The summed E-state index contributed by atoms with van der Waals surface area (Å²) in [5, 5.41) is 3.57. The van der Waals surface area contributed by atoms with Crippen molar-refractivity contribution in [2.75, 3.05) is 33.8 Å². The first-order valence-corrected chi connectivity index (χ1v) is 6.33. The number of benzene rings is 1. The molecule has 94 valence electrons. The van der Waals surface area contributed by atoms with E-state index in [-0.39, 0.29) is 0 Å². The van der Waals surface area contributed by atoms with Crippen LogP contribution in [-0.4, -0.2) is 38.7 Å². The van der Waals surface area contributed by atoms with Crippen molar-refractivity contribution < 1.29 is 4.74 Å². The van der Waals surface area contributed by atoms with E-state index >= 15 is 0 Å². The SMILES string of the molecule is CCc1cc(C2CN(C)CCN2)ccc1OC. The van der Waals surface area contributed by atoms with E-state index in [0.29, 0.717) is 6.04 Å². The second-order valence-electron chi connectivity index (χ2n) is 4.69. The molecule has 0 bridgehead atoms. The smallest absolute Gasteiger partial charge is 0.122 e. The molecular formula is C14H22N2O. The summed E-state index contributed by atoms with van der Waals surface area (Å²) in [6, 6.07) is 6.99. The minimum Gasteiger partial charge on any atom is -0.496 e. The highest BCUT2D eigenvalue weighted by atomic mass is 16.5. The van der Waals surface area contributed by atoms with Gasteiger partial charge in [0.15, 0.2) is 0 Å². The first-order valence-electron chi connectivity index (χ1n) is 6.33. The molecule has 1 aromatic carbocycles. The number of piperazine rings is 1. The summed E-state index contributed by atoms with van der Waals surface area (Å²) in [7, 11) is 3.92. The summed E-state index contributed by atoms with van der Waals surface area (Å²) in [5.74, 6) is 1.00. The Hall–Kier alpha value is -1.06. The number of rotatable bonds is 3. The molecule has 1 fully saturated rings. The van der Waals surface area contributed by atoms with Crippen LogP contribution in [0.2, 0.25) is 0 Å². The predicted molar refractivity (Wildman–Crippen MR) is 70.6 cm³/mol. The number of ether oxygens (including phenoxy) is 1. The molecule has 17 heavy (non-hydrogen) atoms. The summed E-state index contributed by atoms with van der Waals surface area (Å²) in [4.78, 5) is 2.37. The van der Waals surface area contributed by atoms with E-state index in [1.807, 2.05) is 0 Å². The molecular weight excluding hydrogens is 212 g/mol. The van der Waals surface area contributed by atoms with Crippen molar-refractivity contribution in [2.45, 2.75) is 19.4 Å². The molecule has 1 aliphatic heterocycles. The lowest BCUT2D eigenvalue weighted by molar-refractivity contribution is 0.240. The monoisotopic (exact) mass is 234 g/mol. The molecule has 0 radical (unpaired) electrons. The second-order valence-corrected chi connectivity index (χ2v) is 4.69. The maximum absolute atomic E-state index is 5.37. The van der Waals surface area contributed by atoms with Gasteiger partial charge in [0.25, 0.3) is 0 Å². The molecule has 1 heterocycles. The van der Waals surface area contributed by atoms with Crippen LogP contribution in [0.5, 0.6) is 5.75 Å². The van der Waals surface area contributed by atoms with E-state index in [1.54, 1.807) is 7.11 Å². The van der Waals surface area contributed by atoms with Crippen LogP contribution >= 0.6 is 0 Å². The van der Waals surface area contributed by atoms with Gasteiger partial charge in [0.2, 0.25) is 0 Å². The van der Waals surface area contributed by atoms with Gasteiger partial charge >= 0.3 is 0 Å². The highest BCUT2D eigenvalue weighted by molar-refractivity contribution is 5.38. The Labute approximate surface area is 104 Å². The third-order valence-corrected chi connectivity index (χ3v) is 3.47. The quantitative estimate of drug-likeness (QED) is 0.863. The first-order chi connectivity index (χ1) is 8.24. The lowest BCUT2D eigenvalue weighted by Crippen LogP contribution is -2.43. The zero-order valence-electron chi connectivity index (χ0n) is 11.0. The van der Waals surface area contributed by atoms with Crippen LogP contribution in [0.15, 0.2) is 18.2 Å². The fourth-order valence-corrected chi connectivity index (χ4v) is 2.41. The number of nitrogens with one attached hydrogen (secondary N) is 1. The molecule has 1 N–H and O–H groups in total. The van der Waals surface area contributed by atoms with Crippen molar-refractivity contribution in [3.8, 4) is 5.75 Å². The van der Waals surface area contributed by atoms with E-state index < -0.39 is 0 Å². The summed E-state index contributed by atoms with van der Waals surface area (Å²) in [6.07, 6.45) is 1.01. The number of likely N-dealkylation sites (N-methyl/N-ethyl adjacent to an activating group) is 1. The largest absolute Gasteiger partial charge is 0.496 e. The Morgan fingerprint density at radius 2 is 2.29 bits per heavy atom. The van der Waals surface area contributed by atoms with E-state index in [2.05, 4.69) is 42.4 Å². The number of hydrogen-bond donors (Lipinski definition) is 1. The molecule has 2 rings (SSSR count). The molecule has 0 spiro atoms. The molecule has 1 saturated heterocycles. The van der Waals surface area contributed by atoms with Gasteiger partial charge in [-0.25, -0.2) is 0 Å². The van der Waals surface area contributed by atoms with Crippen LogP contribution in [0.3, 0.4) is 0 Å². The molecule has 1 unspecified atom stereocenters. The molecule has 0 aromatic heterocycles. The molecule has 1 atom stereocenters. The fraction of sp³-hybridized carbons (Fsp3) is 0.571. The Balaban J connectivity index is 2.20. The Morgan fingerprint density at radius 1 is 1.47 bits per heavy atom. The van der Waals surface area contributed by atoms with Crippen molar-refractivity contribution in [1.29, 1.82) is 0 Å². The van der Waals surface area contributed by atoms with E-state index in [9.17, 15) is 0 Å². The Bertz CT molecular complexity index is 378. The number of hydrogen-bond acceptors (Lipinski definition) is 3. The second kappa shape index (κ2) is 5.52. The topological polar surface area (TPSA) is 24.5 Å². The van der Waals surface area contributed by atoms with Crippen molar-refractivity contribution in [3.63, 3.8) is 0 Å². The van der Waals surface area contributed by atoms with Gasteiger partial charge in [-0.2, -0.15) is 0 Å². The third kappa shape index (κ3) is 2.79. The van der Waals surface area contributed by atoms with Crippen LogP contribution in [-0.2, 0) is 6.42 Å². The Kier molecular flexibility index (Phi) is 4.02. The zero-order valence-corrected chi connectivity index (χ0v) is 11.0. The first kappa shape index (κ1) is 12.4. The van der Waals surface area contributed by atoms with Crippen LogP contribution in [0.4, 0.5) is 0 Å². The number of methoxy groups -OCH3 is 1. The van der Waals surface area contributed by atoms with Gasteiger partial charge in [0.1, 0.15) is 5.75 Å². The maximum atomic E-state index is 5.37. The van der Waals surface area contributed by atoms with Crippen LogP contribution in [0.25, 0.3) is 0 Å². The number of nitrogens with zero attached hydrogens (tertiary/aromatic N) is 1. The average Bonchev–Trinajstić information content (AvgIpc) is 2.38. The van der Waals surface area contributed by atoms with E-state index in [1.165, 1.54) is 11.1 Å². The van der Waals surface area contributed by atoms with E-state index in [4.69, 9.17) is 4.74 Å². The predicted octanol–water partition coefficient (Wildman–Crippen LogP) is 1.83. The van der Waals surface area contributed by atoms with Crippen molar-refractivity contribution in [1.82, 2.24) is 10.2 Å². The lowest BCUT2D eigenvalue weighted by Gasteiger charge is -2.31. The van der Waals surface area contributed by atoms with Gasteiger partial charge in [-0.05, 0) is 30.7 Å². The Morgan fingerprint density at radius 3 is 2.94 bits per heavy atom. The lowest BCUT2D eigenvalue weighted by atomic mass is 10.0. The molecule has 1 aliphatic rings. The van der Waals surface area contributed by atoms with Gasteiger partial charge in [-0.3, -0.25) is 0 Å². The van der Waals surface area contributed by atoms with Gasteiger partial charge < -0.3 is 15.0 Å². The molecule has 3 nitrogen and oxygen atoms in total. The normalized spacial score (nSPS) is 21.5. The van der Waals surface area contributed by atoms with E-state index in [0.717, 1.165) is 31.8 Å².